The zero-order valence-corrected chi connectivity index (χ0v) is 17.1. The van der Waals surface area contributed by atoms with E-state index in [1.165, 1.54) is 12.4 Å². The molecule has 2 aromatic carbocycles. The summed E-state index contributed by atoms with van der Waals surface area (Å²) in [5, 5.41) is 13.3. The lowest BCUT2D eigenvalue weighted by molar-refractivity contribution is 0.602. The summed E-state index contributed by atoms with van der Waals surface area (Å²) in [4.78, 5) is 8.41. The van der Waals surface area contributed by atoms with Crippen molar-refractivity contribution in [2.75, 3.05) is 13.6 Å². The van der Waals surface area contributed by atoms with Gasteiger partial charge in [0.2, 0.25) is 0 Å². The summed E-state index contributed by atoms with van der Waals surface area (Å²) < 4.78 is 14.6. The van der Waals surface area contributed by atoms with Gasteiger partial charge in [0, 0.05) is 30.2 Å². The predicted molar refractivity (Wildman–Crippen MR) is 112 cm³/mol. The number of nitrogens with zero attached hydrogens (tertiary/aromatic N) is 3. The van der Waals surface area contributed by atoms with Gasteiger partial charge in [-0.05, 0) is 42.2 Å². The summed E-state index contributed by atoms with van der Waals surface area (Å²) in [6, 6.07) is 13.2. The molecule has 0 atom stereocenters. The molecule has 0 spiro atoms. The number of benzene rings is 2. The molecule has 0 saturated heterocycles. The summed E-state index contributed by atoms with van der Waals surface area (Å²) in [6.45, 7) is 1.33. The minimum Gasteiger partial charge on any atom is -0.356 e. The molecule has 0 unspecified atom stereocenters. The SMILES string of the molecule is CN=C(NCCCc1ccc(Br)cc1F)NCc1cccc(-c2ncn[nH]2)c1. The summed E-state index contributed by atoms with van der Waals surface area (Å²) in [5.74, 6) is 1.27. The van der Waals surface area contributed by atoms with Crippen LogP contribution in [0, 0.1) is 5.82 Å². The number of H-pyrrole nitrogens is 1. The maximum atomic E-state index is 13.8. The number of halogens is 2. The lowest BCUT2D eigenvalue weighted by atomic mass is 10.1. The molecule has 1 aromatic heterocycles. The number of guanidine groups is 1. The number of hydrogen-bond donors (Lipinski definition) is 3. The number of aromatic nitrogens is 3. The van der Waals surface area contributed by atoms with Crippen LogP contribution in [0.4, 0.5) is 4.39 Å². The number of aliphatic imine (C=N–C) groups is 1. The van der Waals surface area contributed by atoms with Crippen LogP contribution in [0.15, 0.2) is 58.3 Å². The van der Waals surface area contributed by atoms with Gasteiger partial charge in [-0.1, -0.05) is 40.2 Å². The Morgan fingerprint density at radius 3 is 2.86 bits per heavy atom. The van der Waals surface area contributed by atoms with Crippen LogP contribution in [0.25, 0.3) is 11.4 Å². The molecule has 1 heterocycles. The molecule has 0 aliphatic heterocycles. The van der Waals surface area contributed by atoms with E-state index in [1.807, 2.05) is 30.3 Å². The van der Waals surface area contributed by atoms with Gasteiger partial charge in [-0.15, -0.1) is 0 Å². The normalized spacial score (nSPS) is 11.5. The average molecular weight is 445 g/mol. The third-order valence-electron chi connectivity index (χ3n) is 4.23. The van der Waals surface area contributed by atoms with Gasteiger partial charge in [-0.2, -0.15) is 5.10 Å². The van der Waals surface area contributed by atoms with Gasteiger partial charge in [0.1, 0.15) is 12.1 Å². The molecule has 6 nitrogen and oxygen atoms in total. The van der Waals surface area contributed by atoms with Gasteiger partial charge in [-0.25, -0.2) is 9.37 Å². The molecule has 3 rings (SSSR count). The predicted octanol–water partition coefficient (Wildman–Crippen LogP) is 3.67. The lowest BCUT2D eigenvalue weighted by Crippen LogP contribution is -2.37. The van der Waals surface area contributed by atoms with Crippen LogP contribution in [0.2, 0.25) is 0 Å². The second-order valence-electron chi connectivity index (χ2n) is 6.23. The molecule has 0 aliphatic rings. The Hall–Kier alpha value is -2.74. The first-order chi connectivity index (χ1) is 13.7. The molecule has 3 N–H and O–H groups in total. The summed E-state index contributed by atoms with van der Waals surface area (Å²) >= 11 is 3.27. The van der Waals surface area contributed by atoms with Crippen molar-refractivity contribution in [3.8, 4) is 11.4 Å². The van der Waals surface area contributed by atoms with E-state index in [0.29, 0.717) is 25.5 Å². The van der Waals surface area contributed by atoms with Crippen molar-refractivity contribution in [3.63, 3.8) is 0 Å². The first-order valence-electron chi connectivity index (χ1n) is 8.99. The number of hydrogen-bond acceptors (Lipinski definition) is 3. The Kier molecular flexibility index (Phi) is 7.13. The van der Waals surface area contributed by atoms with Crippen LogP contribution < -0.4 is 10.6 Å². The highest BCUT2D eigenvalue weighted by Gasteiger charge is 2.05. The molecule has 0 bridgehead atoms. The van der Waals surface area contributed by atoms with Crippen LogP contribution in [-0.2, 0) is 13.0 Å². The van der Waals surface area contributed by atoms with Crippen molar-refractivity contribution < 1.29 is 4.39 Å². The highest BCUT2D eigenvalue weighted by molar-refractivity contribution is 9.10. The fraction of sp³-hybridized carbons (Fsp3) is 0.250. The van der Waals surface area contributed by atoms with Gasteiger partial charge >= 0.3 is 0 Å². The number of aryl methyl sites for hydroxylation is 1. The van der Waals surface area contributed by atoms with Crippen molar-refractivity contribution in [3.05, 3.63) is 70.2 Å². The van der Waals surface area contributed by atoms with Gasteiger partial charge in [0.05, 0.1) is 0 Å². The van der Waals surface area contributed by atoms with Gasteiger partial charge < -0.3 is 10.6 Å². The second kappa shape index (κ2) is 9.98. The number of nitrogens with one attached hydrogen (secondary N) is 3. The van der Waals surface area contributed by atoms with Crippen molar-refractivity contribution in [2.24, 2.45) is 4.99 Å². The van der Waals surface area contributed by atoms with Crippen LogP contribution >= 0.6 is 15.9 Å². The van der Waals surface area contributed by atoms with Crippen LogP contribution in [0.5, 0.6) is 0 Å². The molecular formula is C20H22BrFN6. The maximum absolute atomic E-state index is 13.8. The molecule has 0 aliphatic carbocycles. The fourth-order valence-corrected chi connectivity index (χ4v) is 3.12. The van der Waals surface area contributed by atoms with E-state index in [4.69, 9.17) is 0 Å². The number of aromatic amines is 1. The molecular weight excluding hydrogens is 423 g/mol. The van der Waals surface area contributed by atoms with Crippen molar-refractivity contribution in [1.29, 1.82) is 0 Å². The Morgan fingerprint density at radius 1 is 1.21 bits per heavy atom. The Labute approximate surface area is 171 Å². The minimum atomic E-state index is -0.177. The largest absolute Gasteiger partial charge is 0.356 e. The van der Waals surface area contributed by atoms with E-state index in [0.717, 1.165) is 33.4 Å². The average Bonchev–Trinajstić information content (AvgIpc) is 3.24. The van der Waals surface area contributed by atoms with Crippen molar-refractivity contribution >= 4 is 21.9 Å². The third-order valence-corrected chi connectivity index (χ3v) is 4.72. The Morgan fingerprint density at radius 2 is 2.11 bits per heavy atom. The first-order valence-corrected chi connectivity index (χ1v) is 9.78. The van der Waals surface area contributed by atoms with E-state index >= 15 is 0 Å². The van der Waals surface area contributed by atoms with E-state index in [1.54, 1.807) is 7.05 Å². The first kappa shape index (κ1) is 20.0. The highest BCUT2D eigenvalue weighted by Crippen LogP contribution is 2.16. The molecule has 28 heavy (non-hydrogen) atoms. The van der Waals surface area contributed by atoms with Gasteiger partial charge in [0.15, 0.2) is 11.8 Å². The lowest BCUT2D eigenvalue weighted by Gasteiger charge is -2.12. The Balaban J connectivity index is 1.45. The van der Waals surface area contributed by atoms with E-state index < -0.39 is 0 Å². The molecule has 3 aromatic rings. The molecule has 0 saturated carbocycles. The third kappa shape index (κ3) is 5.63. The van der Waals surface area contributed by atoms with Gasteiger partial charge in [0.25, 0.3) is 0 Å². The summed E-state index contributed by atoms with van der Waals surface area (Å²) in [5.41, 5.74) is 2.81. The quantitative estimate of drug-likeness (QED) is 0.295. The zero-order valence-electron chi connectivity index (χ0n) is 15.5. The molecule has 8 heteroatoms. The number of rotatable bonds is 7. The van der Waals surface area contributed by atoms with E-state index in [-0.39, 0.29) is 5.82 Å². The second-order valence-corrected chi connectivity index (χ2v) is 7.14. The molecule has 0 radical (unpaired) electrons. The summed E-state index contributed by atoms with van der Waals surface area (Å²) in [6.07, 6.45) is 2.97. The maximum Gasteiger partial charge on any atom is 0.191 e. The minimum absolute atomic E-state index is 0.177. The zero-order chi connectivity index (χ0) is 19.8. The fourth-order valence-electron chi connectivity index (χ4n) is 2.79. The molecule has 146 valence electrons. The Bertz CT molecular complexity index is 926. The van der Waals surface area contributed by atoms with Crippen LogP contribution in [-0.4, -0.2) is 34.7 Å². The molecule has 0 amide bonds. The molecule has 0 fully saturated rings. The van der Waals surface area contributed by atoms with Crippen molar-refractivity contribution in [2.45, 2.75) is 19.4 Å². The van der Waals surface area contributed by atoms with Crippen LogP contribution in [0.3, 0.4) is 0 Å². The monoisotopic (exact) mass is 444 g/mol. The smallest absolute Gasteiger partial charge is 0.191 e. The van der Waals surface area contributed by atoms with Crippen LogP contribution in [0.1, 0.15) is 17.5 Å². The standard InChI is InChI=1S/C20H22BrFN6/c1-23-20(24-9-3-6-15-7-8-17(21)11-18(15)22)25-12-14-4-2-5-16(10-14)19-26-13-27-28-19/h2,4-5,7-8,10-11,13H,3,6,9,12H2,1H3,(H2,23,24,25)(H,26,27,28). The van der Waals surface area contributed by atoms with E-state index in [9.17, 15) is 4.39 Å². The van der Waals surface area contributed by atoms with E-state index in [2.05, 4.69) is 52.8 Å². The van der Waals surface area contributed by atoms with Crippen molar-refractivity contribution in [1.82, 2.24) is 25.8 Å². The highest BCUT2D eigenvalue weighted by atomic mass is 79.9. The topological polar surface area (TPSA) is 78.0 Å². The van der Waals surface area contributed by atoms with Gasteiger partial charge in [-0.3, -0.25) is 10.1 Å². The summed E-state index contributed by atoms with van der Waals surface area (Å²) in [7, 11) is 1.73.